The number of rotatable bonds is 2. The molecule has 18 heavy (non-hydrogen) atoms. The maximum absolute atomic E-state index is 5.13. The molecule has 0 unspecified atom stereocenters. The molecule has 0 atom stereocenters. The third-order valence-electron chi connectivity index (χ3n) is 1.25. The zero-order valence-corrected chi connectivity index (χ0v) is 10.5. The van der Waals surface area contributed by atoms with Crippen molar-refractivity contribution in [3.8, 4) is 5.75 Å². The molecule has 1 rings (SSSR count). The standard InChI is InChI=1S/C7H7NOS.C3H7NOS.2CH4/c8-7(10)9-6-4-2-1-3-5-6;1-2-5-3(4)6;;/h1-5H,(H2,8,10);2H2,1H3,(H2,4,6);2*1H4. The minimum Gasteiger partial charge on any atom is -0.472 e. The van der Waals surface area contributed by atoms with Gasteiger partial charge in [0.1, 0.15) is 5.75 Å². The van der Waals surface area contributed by atoms with Gasteiger partial charge in [0, 0.05) is 0 Å². The third-order valence-corrected chi connectivity index (χ3v) is 1.45. The Hall–Kier alpha value is -1.40. The minimum absolute atomic E-state index is 0. The fourth-order valence-electron chi connectivity index (χ4n) is 0.747. The summed E-state index contributed by atoms with van der Waals surface area (Å²) in [7, 11) is 0. The summed E-state index contributed by atoms with van der Waals surface area (Å²) in [5.41, 5.74) is 10.0. The van der Waals surface area contributed by atoms with E-state index in [-0.39, 0.29) is 25.2 Å². The van der Waals surface area contributed by atoms with Gasteiger partial charge < -0.3 is 20.9 Å². The molecular formula is C12H22N2O2S2. The molecule has 4 nitrogen and oxygen atoms in total. The second-order valence-electron chi connectivity index (χ2n) is 2.49. The van der Waals surface area contributed by atoms with Gasteiger partial charge in [0.25, 0.3) is 10.3 Å². The highest BCUT2D eigenvalue weighted by Gasteiger charge is 1.90. The van der Waals surface area contributed by atoms with E-state index in [4.69, 9.17) is 16.2 Å². The van der Waals surface area contributed by atoms with Crippen LogP contribution in [0.15, 0.2) is 30.3 Å². The monoisotopic (exact) mass is 290 g/mol. The van der Waals surface area contributed by atoms with Gasteiger partial charge >= 0.3 is 0 Å². The topological polar surface area (TPSA) is 70.5 Å². The Kier molecular flexibility index (Phi) is 16.6. The maximum Gasteiger partial charge on any atom is 0.259 e. The van der Waals surface area contributed by atoms with Crippen molar-refractivity contribution in [2.45, 2.75) is 21.8 Å². The molecule has 0 bridgehead atoms. The molecule has 1 aromatic carbocycles. The Morgan fingerprint density at radius 2 is 1.56 bits per heavy atom. The summed E-state index contributed by atoms with van der Waals surface area (Å²) in [4.78, 5) is 0. The molecule has 0 aliphatic heterocycles. The molecule has 0 fully saturated rings. The Labute approximate surface area is 120 Å². The number of hydrogen-bond donors (Lipinski definition) is 2. The maximum atomic E-state index is 5.13. The fourth-order valence-corrected chi connectivity index (χ4v) is 0.961. The first-order valence-electron chi connectivity index (χ1n) is 4.50. The number of para-hydroxylation sites is 1. The molecule has 0 amide bonds. The van der Waals surface area contributed by atoms with Crippen LogP contribution in [0, 0.1) is 0 Å². The van der Waals surface area contributed by atoms with Crippen LogP contribution in [0.5, 0.6) is 5.75 Å². The van der Waals surface area contributed by atoms with E-state index in [1.165, 1.54) is 0 Å². The van der Waals surface area contributed by atoms with Gasteiger partial charge in [0.2, 0.25) is 0 Å². The molecule has 0 aliphatic carbocycles. The smallest absolute Gasteiger partial charge is 0.259 e. The highest BCUT2D eigenvalue weighted by molar-refractivity contribution is 7.80. The van der Waals surface area contributed by atoms with Crippen LogP contribution in [0.1, 0.15) is 21.8 Å². The van der Waals surface area contributed by atoms with Gasteiger partial charge in [-0.25, -0.2) is 0 Å². The molecule has 0 saturated carbocycles. The van der Waals surface area contributed by atoms with Crippen molar-refractivity contribution in [3.63, 3.8) is 0 Å². The van der Waals surface area contributed by atoms with Crippen molar-refractivity contribution < 1.29 is 9.47 Å². The van der Waals surface area contributed by atoms with Crippen LogP contribution >= 0.6 is 24.4 Å². The highest BCUT2D eigenvalue weighted by atomic mass is 32.1. The van der Waals surface area contributed by atoms with Gasteiger partial charge in [-0.1, -0.05) is 33.1 Å². The largest absolute Gasteiger partial charge is 0.472 e. The molecule has 0 aromatic heterocycles. The molecule has 0 aliphatic rings. The van der Waals surface area contributed by atoms with E-state index in [9.17, 15) is 0 Å². The summed E-state index contributed by atoms with van der Waals surface area (Å²) < 4.78 is 9.47. The van der Waals surface area contributed by atoms with E-state index in [1.54, 1.807) is 12.1 Å². The summed E-state index contributed by atoms with van der Waals surface area (Å²) in [6, 6.07) is 9.19. The molecule has 0 spiro atoms. The SMILES string of the molecule is C.C.CCOC(N)=S.NC(=S)Oc1ccccc1. The predicted octanol–water partition coefficient (Wildman–Crippen LogP) is 2.85. The predicted molar refractivity (Wildman–Crippen MR) is 85.7 cm³/mol. The summed E-state index contributed by atoms with van der Waals surface area (Å²) >= 11 is 8.88. The zero-order valence-electron chi connectivity index (χ0n) is 8.88. The molecule has 0 saturated heterocycles. The first-order valence-corrected chi connectivity index (χ1v) is 5.32. The third kappa shape index (κ3) is 14.6. The number of hydrogen-bond acceptors (Lipinski definition) is 4. The molecule has 6 heteroatoms. The van der Waals surface area contributed by atoms with Gasteiger partial charge in [-0.05, 0) is 43.5 Å². The summed E-state index contributed by atoms with van der Waals surface area (Å²) in [5.74, 6) is 0.676. The van der Waals surface area contributed by atoms with Gasteiger partial charge in [-0.3, -0.25) is 0 Å². The van der Waals surface area contributed by atoms with Crippen molar-refractivity contribution in [1.82, 2.24) is 0 Å². The molecule has 0 radical (unpaired) electrons. The second kappa shape index (κ2) is 13.7. The van der Waals surface area contributed by atoms with Crippen LogP contribution < -0.4 is 16.2 Å². The van der Waals surface area contributed by atoms with E-state index >= 15 is 0 Å². The Morgan fingerprint density at radius 3 is 1.83 bits per heavy atom. The molecule has 104 valence electrons. The van der Waals surface area contributed by atoms with Crippen molar-refractivity contribution in [3.05, 3.63) is 30.3 Å². The van der Waals surface area contributed by atoms with Gasteiger partial charge in [-0.15, -0.1) is 0 Å². The van der Waals surface area contributed by atoms with Crippen LogP contribution in [0.2, 0.25) is 0 Å². The molecule has 0 heterocycles. The first kappa shape index (κ1) is 21.8. The molecule has 1 aromatic rings. The van der Waals surface area contributed by atoms with E-state index in [1.807, 2.05) is 25.1 Å². The zero-order chi connectivity index (χ0) is 12.4. The van der Waals surface area contributed by atoms with Crippen LogP contribution in [0.4, 0.5) is 0 Å². The van der Waals surface area contributed by atoms with Crippen LogP contribution in [0.25, 0.3) is 0 Å². The lowest BCUT2D eigenvalue weighted by molar-refractivity contribution is 0.331. The average molecular weight is 290 g/mol. The molecular weight excluding hydrogens is 268 g/mol. The van der Waals surface area contributed by atoms with Crippen molar-refractivity contribution >= 4 is 34.8 Å². The van der Waals surface area contributed by atoms with Crippen molar-refractivity contribution in [2.24, 2.45) is 11.5 Å². The van der Waals surface area contributed by atoms with Crippen molar-refractivity contribution in [1.29, 1.82) is 0 Å². The number of ether oxygens (including phenoxy) is 2. The van der Waals surface area contributed by atoms with Crippen LogP contribution in [0.3, 0.4) is 0 Å². The van der Waals surface area contributed by atoms with Gasteiger partial charge in [-0.2, -0.15) is 0 Å². The van der Waals surface area contributed by atoms with E-state index < -0.39 is 0 Å². The number of thiocarbonyl (C=S) groups is 2. The van der Waals surface area contributed by atoms with Crippen LogP contribution in [-0.4, -0.2) is 17.0 Å². The summed E-state index contributed by atoms with van der Waals surface area (Å²) in [6.07, 6.45) is 0. The fraction of sp³-hybridized carbons (Fsp3) is 0.333. The van der Waals surface area contributed by atoms with E-state index in [2.05, 4.69) is 29.2 Å². The van der Waals surface area contributed by atoms with Crippen molar-refractivity contribution in [2.75, 3.05) is 6.61 Å². The quantitative estimate of drug-likeness (QED) is 0.816. The Morgan fingerprint density at radius 1 is 1.06 bits per heavy atom. The normalized spacial score (nSPS) is 7.39. The lowest BCUT2D eigenvalue weighted by Gasteiger charge is -1.99. The number of benzene rings is 1. The van der Waals surface area contributed by atoms with E-state index in [0.29, 0.717) is 12.4 Å². The lowest BCUT2D eigenvalue weighted by atomic mass is 10.3. The van der Waals surface area contributed by atoms with Gasteiger partial charge in [0.15, 0.2) is 0 Å². The highest BCUT2D eigenvalue weighted by Crippen LogP contribution is 2.07. The van der Waals surface area contributed by atoms with Gasteiger partial charge in [0.05, 0.1) is 6.61 Å². The second-order valence-corrected chi connectivity index (χ2v) is 3.29. The average Bonchev–Trinajstić information content (AvgIpc) is 2.18. The Balaban J connectivity index is -0.000000250. The Bertz CT molecular complexity index is 332. The first-order chi connectivity index (χ1) is 7.56. The summed E-state index contributed by atoms with van der Waals surface area (Å²) in [5, 5.41) is 0.170. The number of nitrogens with two attached hydrogens (primary N) is 2. The minimum atomic E-state index is 0. The van der Waals surface area contributed by atoms with Crippen LogP contribution in [-0.2, 0) is 4.74 Å². The lowest BCUT2D eigenvalue weighted by Crippen LogP contribution is -2.15. The van der Waals surface area contributed by atoms with E-state index in [0.717, 1.165) is 0 Å². The molecule has 4 N–H and O–H groups in total. The summed E-state index contributed by atoms with van der Waals surface area (Å²) in [6.45, 7) is 2.40.